The zero-order valence-electron chi connectivity index (χ0n) is 19.4. The summed E-state index contributed by atoms with van der Waals surface area (Å²) in [5, 5.41) is 7.09. The van der Waals surface area contributed by atoms with Gasteiger partial charge in [0.1, 0.15) is 5.52 Å². The molecule has 4 heterocycles. The van der Waals surface area contributed by atoms with Crippen LogP contribution in [0.4, 0.5) is 17.5 Å². The first-order valence-electron chi connectivity index (χ1n) is 11.5. The van der Waals surface area contributed by atoms with Crippen LogP contribution in [0, 0.1) is 20.8 Å². The van der Waals surface area contributed by atoms with Gasteiger partial charge in [0.25, 0.3) is 0 Å². The quantitative estimate of drug-likeness (QED) is 0.405. The highest BCUT2D eigenvalue weighted by molar-refractivity contribution is 5.87. The largest absolute Gasteiger partial charge is 0.351 e. The molecule has 0 saturated carbocycles. The Morgan fingerprint density at radius 2 is 1.76 bits per heavy atom. The number of hydrogen-bond acceptors (Lipinski definition) is 7. The Morgan fingerprint density at radius 3 is 2.48 bits per heavy atom. The van der Waals surface area contributed by atoms with E-state index in [0.29, 0.717) is 17.6 Å². The molecule has 1 fully saturated rings. The van der Waals surface area contributed by atoms with Gasteiger partial charge in [-0.2, -0.15) is 9.97 Å². The molecule has 8 heteroatoms. The molecule has 0 atom stereocenters. The van der Waals surface area contributed by atoms with Crippen LogP contribution >= 0.6 is 0 Å². The van der Waals surface area contributed by atoms with Gasteiger partial charge < -0.3 is 15.6 Å². The SMILES string of the molecule is Cc1cc(C)c(Nc2nc(NC3CCN(Cc4ccncc4)CC3)nc3nc[nH]c23)c(C)c1. The van der Waals surface area contributed by atoms with Crippen molar-refractivity contribution in [1.82, 2.24) is 29.8 Å². The first-order chi connectivity index (χ1) is 16.0. The number of piperidine rings is 1. The Bertz CT molecular complexity index is 1220. The molecular formula is C25H30N8. The number of benzene rings is 1. The fourth-order valence-electron chi connectivity index (χ4n) is 4.65. The molecule has 5 rings (SSSR count). The number of likely N-dealkylation sites (tertiary alicyclic amines) is 1. The molecule has 170 valence electrons. The molecule has 1 aliphatic heterocycles. The van der Waals surface area contributed by atoms with Gasteiger partial charge in [-0.1, -0.05) is 17.7 Å². The lowest BCUT2D eigenvalue weighted by atomic mass is 10.0. The van der Waals surface area contributed by atoms with Crippen molar-refractivity contribution in [2.45, 2.75) is 46.2 Å². The van der Waals surface area contributed by atoms with Crippen LogP contribution in [0.15, 0.2) is 43.0 Å². The number of rotatable bonds is 6. The fraction of sp³-hybridized carbons (Fsp3) is 0.360. The van der Waals surface area contributed by atoms with Crippen LogP contribution in [0.25, 0.3) is 11.2 Å². The number of aromatic amines is 1. The van der Waals surface area contributed by atoms with Gasteiger partial charge in [-0.25, -0.2) is 4.98 Å². The highest BCUT2D eigenvalue weighted by Crippen LogP contribution is 2.29. The van der Waals surface area contributed by atoms with Crippen molar-refractivity contribution in [3.63, 3.8) is 0 Å². The van der Waals surface area contributed by atoms with Gasteiger partial charge in [0.15, 0.2) is 11.5 Å². The summed E-state index contributed by atoms with van der Waals surface area (Å²) in [5.41, 5.74) is 7.48. The normalized spacial score (nSPS) is 15.1. The third-order valence-corrected chi connectivity index (χ3v) is 6.28. The Kier molecular flexibility index (Phi) is 5.92. The summed E-state index contributed by atoms with van der Waals surface area (Å²) in [6.07, 6.45) is 7.48. The summed E-state index contributed by atoms with van der Waals surface area (Å²) in [5.74, 6) is 1.36. The molecule has 4 aromatic rings. The lowest BCUT2D eigenvalue weighted by Crippen LogP contribution is -2.39. The fourth-order valence-corrected chi connectivity index (χ4v) is 4.65. The predicted molar refractivity (Wildman–Crippen MR) is 132 cm³/mol. The number of aromatic nitrogens is 5. The van der Waals surface area contributed by atoms with Gasteiger partial charge in [-0.3, -0.25) is 9.88 Å². The number of fused-ring (bicyclic) bond motifs is 1. The highest BCUT2D eigenvalue weighted by atomic mass is 15.2. The molecule has 0 bridgehead atoms. The van der Waals surface area contributed by atoms with Crippen molar-refractivity contribution >= 4 is 28.6 Å². The molecule has 3 N–H and O–H groups in total. The molecule has 1 saturated heterocycles. The van der Waals surface area contributed by atoms with Crippen molar-refractivity contribution in [1.29, 1.82) is 0 Å². The maximum atomic E-state index is 4.83. The third-order valence-electron chi connectivity index (χ3n) is 6.28. The molecule has 0 unspecified atom stereocenters. The molecule has 0 radical (unpaired) electrons. The van der Waals surface area contributed by atoms with E-state index >= 15 is 0 Å². The number of nitrogens with zero attached hydrogens (tertiary/aromatic N) is 5. The van der Waals surface area contributed by atoms with Crippen LogP contribution in [0.5, 0.6) is 0 Å². The number of hydrogen-bond donors (Lipinski definition) is 3. The Hall–Kier alpha value is -3.52. The van der Waals surface area contributed by atoms with E-state index in [1.54, 1.807) is 6.33 Å². The van der Waals surface area contributed by atoms with Gasteiger partial charge >= 0.3 is 0 Å². The van der Waals surface area contributed by atoms with E-state index < -0.39 is 0 Å². The molecule has 1 aromatic carbocycles. The Labute approximate surface area is 193 Å². The highest BCUT2D eigenvalue weighted by Gasteiger charge is 2.21. The van der Waals surface area contributed by atoms with E-state index in [-0.39, 0.29) is 0 Å². The van der Waals surface area contributed by atoms with Gasteiger partial charge in [-0.05, 0) is 62.4 Å². The lowest BCUT2D eigenvalue weighted by Gasteiger charge is -2.32. The summed E-state index contributed by atoms with van der Waals surface area (Å²) in [4.78, 5) is 23.6. The maximum absolute atomic E-state index is 4.83. The molecular weight excluding hydrogens is 412 g/mol. The third kappa shape index (κ3) is 4.80. The number of pyridine rings is 1. The topological polar surface area (TPSA) is 94.7 Å². The number of imidazole rings is 1. The Morgan fingerprint density at radius 1 is 1.03 bits per heavy atom. The van der Waals surface area contributed by atoms with Crippen molar-refractivity contribution in [3.05, 3.63) is 65.2 Å². The second-order valence-electron chi connectivity index (χ2n) is 8.95. The monoisotopic (exact) mass is 442 g/mol. The van der Waals surface area contributed by atoms with Crippen LogP contribution in [0.1, 0.15) is 35.1 Å². The number of aryl methyl sites for hydroxylation is 3. The zero-order chi connectivity index (χ0) is 22.8. The average molecular weight is 443 g/mol. The smallest absolute Gasteiger partial charge is 0.227 e. The van der Waals surface area contributed by atoms with Crippen LogP contribution in [0.2, 0.25) is 0 Å². The molecule has 1 aliphatic rings. The van der Waals surface area contributed by atoms with Crippen molar-refractivity contribution in [2.75, 3.05) is 23.7 Å². The number of H-pyrrole nitrogens is 1. The van der Waals surface area contributed by atoms with Crippen LogP contribution in [-0.4, -0.2) is 49.0 Å². The van der Waals surface area contributed by atoms with Crippen molar-refractivity contribution in [2.24, 2.45) is 0 Å². The summed E-state index contributed by atoms with van der Waals surface area (Å²) >= 11 is 0. The van der Waals surface area contributed by atoms with Gasteiger partial charge in [0, 0.05) is 43.8 Å². The first kappa shape index (κ1) is 21.3. The first-order valence-corrected chi connectivity index (χ1v) is 11.5. The minimum atomic E-state index is 0.339. The van der Waals surface area contributed by atoms with Crippen molar-refractivity contribution < 1.29 is 0 Å². The number of anilines is 3. The Balaban J connectivity index is 1.30. The van der Waals surface area contributed by atoms with E-state index in [1.807, 2.05) is 12.4 Å². The predicted octanol–water partition coefficient (Wildman–Crippen LogP) is 4.49. The van der Waals surface area contributed by atoms with E-state index in [0.717, 1.165) is 49.5 Å². The second-order valence-corrected chi connectivity index (χ2v) is 8.95. The second kappa shape index (κ2) is 9.15. The van der Waals surface area contributed by atoms with E-state index in [9.17, 15) is 0 Å². The molecule has 0 aliphatic carbocycles. The maximum Gasteiger partial charge on any atom is 0.227 e. The minimum Gasteiger partial charge on any atom is -0.351 e. The summed E-state index contributed by atoms with van der Waals surface area (Å²) < 4.78 is 0. The summed E-state index contributed by atoms with van der Waals surface area (Å²) in [6, 6.07) is 8.87. The summed E-state index contributed by atoms with van der Waals surface area (Å²) in [6.45, 7) is 9.40. The van der Waals surface area contributed by atoms with Crippen LogP contribution < -0.4 is 10.6 Å². The molecule has 8 nitrogen and oxygen atoms in total. The van der Waals surface area contributed by atoms with Crippen LogP contribution in [0.3, 0.4) is 0 Å². The van der Waals surface area contributed by atoms with E-state index in [2.05, 4.69) is 80.5 Å². The number of nitrogens with one attached hydrogen (secondary N) is 3. The molecule has 3 aromatic heterocycles. The summed E-state index contributed by atoms with van der Waals surface area (Å²) in [7, 11) is 0. The van der Waals surface area contributed by atoms with E-state index in [1.165, 1.54) is 22.3 Å². The van der Waals surface area contributed by atoms with Gasteiger partial charge in [-0.15, -0.1) is 0 Å². The van der Waals surface area contributed by atoms with Crippen LogP contribution in [-0.2, 0) is 6.54 Å². The minimum absolute atomic E-state index is 0.339. The van der Waals surface area contributed by atoms with Gasteiger partial charge in [0.05, 0.1) is 6.33 Å². The lowest BCUT2D eigenvalue weighted by molar-refractivity contribution is 0.211. The molecule has 0 spiro atoms. The van der Waals surface area contributed by atoms with Gasteiger partial charge in [0.2, 0.25) is 5.95 Å². The standard InChI is InChI=1S/C25H30N8/c1-16-12-17(2)21(18(3)13-16)30-24-22-23(28-15-27-22)31-25(32-24)29-20-6-10-33(11-7-20)14-19-4-8-26-9-5-19/h4-5,8-9,12-13,15,20H,6-7,10-11,14H2,1-3H3,(H3,27,28,29,30,31,32). The molecule has 33 heavy (non-hydrogen) atoms. The average Bonchev–Trinajstić information content (AvgIpc) is 3.27. The van der Waals surface area contributed by atoms with E-state index in [4.69, 9.17) is 4.98 Å². The molecule has 0 amide bonds. The zero-order valence-corrected chi connectivity index (χ0v) is 19.4. The van der Waals surface area contributed by atoms with Crippen molar-refractivity contribution in [3.8, 4) is 0 Å².